The van der Waals surface area contributed by atoms with Gasteiger partial charge < -0.3 is 10.1 Å². The van der Waals surface area contributed by atoms with Gasteiger partial charge in [-0.15, -0.1) is 11.3 Å². The Morgan fingerprint density at radius 2 is 1.88 bits per heavy atom. The summed E-state index contributed by atoms with van der Waals surface area (Å²) in [7, 11) is 1.65. The van der Waals surface area contributed by atoms with Crippen LogP contribution in [0.5, 0.6) is 5.75 Å². The Morgan fingerprint density at radius 1 is 1.15 bits per heavy atom. The molecule has 1 fully saturated rings. The first-order chi connectivity index (χ1) is 12.7. The molecule has 1 aliphatic rings. The van der Waals surface area contributed by atoms with Crippen LogP contribution in [-0.4, -0.2) is 18.0 Å². The molecule has 132 valence electrons. The molecule has 0 aliphatic heterocycles. The zero-order valence-electron chi connectivity index (χ0n) is 14.7. The molecule has 1 heterocycles. The van der Waals surface area contributed by atoms with Gasteiger partial charge in [0.25, 0.3) is 0 Å². The van der Waals surface area contributed by atoms with Gasteiger partial charge in [0, 0.05) is 16.4 Å². The lowest BCUT2D eigenvalue weighted by atomic mass is 10.1. The van der Waals surface area contributed by atoms with Crippen molar-refractivity contribution in [2.24, 2.45) is 5.92 Å². The van der Waals surface area contributed by atoms with Crippen molar-refractivity contribution >= 4 is 22.4 Å². The van der Waals surface area contributed by atoms with Crippen LogP contribution in [-0.2, 0) is 4.79 Å². The summed E-state index contributed by atoms with van der Waals surface area (Å²) >= 11 is 1.52. The summed E-state index contributed by atoms with van der Waals surface area (Å²) in [5, 5.41) is 3.66. The van der Waals surface area contributed by atoms with Crippen LogP contribution in [0.4, 0.5) is 5.13 Å². The molecule has 0 radical (unpaired) electrons. The molecule has 2 atom stereocenters. The van der Waals surface area contributed by atoms with Gasteiger partial charge >= 0.3 is 0 Å². The average molecular weight is 364 g/mol. The summed E-state index contributed by atoms with van der Waals surface area (Å²) in [4.78, 5) is 18.3. The number of hydrogen-bond donors (Lipinski definition) is 1. The lowest BCUT2D eigenvalue weighted by Crippen LogP contribution is -2.14. The van der Waals surface area contributed by atoms with Crippen molar-refractivity contribution in [1.29, 1.82) is 0 Å². The number of nitrogens with zero attached hydrogens (tertiary/aromatic N) is 1. The van der Waals surface area contributed by atoms with E-state index < -0.39 is 0 Å². The van der Waals surface area contributed by atoms with Crippen molar-refractivity contribution in [3.8, 4) is 17.0 Å². The van der Waals surface area contributed by atoms with Gasteiger partial charge in [0.15, 0.2) is 5.13 Å². The quantitative estimate of drug-likeness (QED) is 0.703. The Kier molecular flexibility index (Phi) is 4.47. The van der Waals surface area contributed by atoms with E-state index in [9.17, 15) is 4.79 Å². The van der Waals surface area contributed by atoms with Crippen molar-refractivity contribution in [3.63, 3.8) is 0 Å². The van der Waals surface area contributed by atoms with Crippen LogP contribution in [0.15, 0.2) is 54.6 Å². The van der Waals surface area contributed by atoms with Crippen molar-refractivity contribution in [2.45, 2.75) is 19.3 Å². The van der Waals surface area contributed by atoms with Crippen LogP contribution >= 0.6 is 11.3 Å². The van der Waals surface area contributed by atoms with Crippen LogP contribution in [0.25, 0.3) is 11.3 Å². The van der Waals surface area contributed by atoms with Crippen molar-refractivity contribution in [1.82, 2.24) is 4.98 Å². The maximum absolute atomic E-state index is 12.5. The summed E-state index contributed by atoms with van der Waals surface area (Å²) < 4.78 is 5.20. The molecule has 1 amide bonds. The van der Waals surface area contributed by atoms with Crippen LogP contribution in [0.1, 0.15) is 22.8 Å². The number of aromatic nitrogens is 1. The van der Waals surface area contributed by atoms with E-state index in [1.807, 2.05) is 49.4 Å². The fraction of sp³-hybridized carbons (Fsp3) is 0.238. The van der Waals surface area contributed by atoms with Gasteiger partial charge in [0.1, 0.15) is 5.75 Å². The number of carbonyl (C=O) groups excluding carboxylic acids is 1. The number of thiazole rings is 1. The maximum Gasteiger partial charge on any atom is 0.229 e. The highest BCUT2D eigenvalue weighted by molar-refractivity contribution is 7.16. The number of hydrogen-bond acceptors (Lipinski definition) is 4. The lowest BCUT2D eigenvalue weighted by molar-refractivity contribution is -0.117. The van der Waals surface area contributed by atoms with Crippen LogP contribution < -0.4 is 10.1 Å². The number of anilines is 1. The van der Waals surface area contributed by atoms with E-state index >= 15 is 0 Å². The molecule has 4 nitrogen and oxygen atoms in total. The third-order valence-electron chi connectivity index (χ3n) is 4.75. The van der Waals surface area contributed by atoms with Crippen LogP contribution in [0.3, 0.4) is 0 Å². The smallest absolute Gasteiger partial charge is 0.229 e. The minimum Gasteiger partial charge on any atom is -0.497 e. The Morgan fingerprint density at radius 3 is 2.58 bits per heavy atom. The SMILES string of the molecule is COc1ccc(-c2nc(NC(=O)[C@H]3C[C@@H]3c3ccccc3)sc2C)cc1. The zero-order valence-corrected chi connectivity index (χ0v) is 15.5. The van der Waals surface area contributed by atoms with Crippen LogP contribution in [0.2, 0.25) is 0 Å². The van der Waals surface area contributed by atoms with Crippen molar-refractivity contribution < 1.29 is 9.53 Å². The fourth-order valence-corrected chi connectivity index (χ4v) is 4.06. The van der Waals surface area contributed by atoms with Gasteiger partial charge in [-0.3, -0.25) is 4.79 Å². The number of rotatable bonds is 5. The summed E-state index contributed by atoms with van der Waals surface area (Å²) in [6.07, 6.45) is 0.908. The molecular weight excluding hydrogens is 344 g/mol. The zero-order chi connectivity index (χ0) is 18.1. The second-order valence-electron chi connectivity index (χ2n) is 6.50. The Balaban J connectivity index is 1.45. The number of benzene rings is 2. The molecule has 0 saturated heterocycles. The molecule has 1 aromatic heterocycles. The molecule has 2 aromatic carbocycles. The largest absolute Gasteiger partial charge is 0.497 e. The molecule has 0 bridgehead atoms. The molecule has 0 spiro atoms. The predicted octanol–water partition coefficient (Wildman–Crippen LogP) is 4.87. The first-order valence-corrected chi connectivity index (χ1v) is 9.45. The molecule has 1 N–H and O–H groups in total. The molecule has 4 rings (SSSR count). The van der Waals surface area contributed by atoms with E-state index in [-0.39, 0.29) is 11.8 Å². The Bertz CT molecular complexity index is 919. The normalized spacial score (nSPS) is 18.4. The highest BCUT2D eigenvalue weighted by Crippen LogP contribution is 2.48. The molecule has 5 heteroatoms. The monoisotopic (exact) mass is 364 g/mol. The minimum atomic E-state index is 0.0473. The molecule has 1 aliphatic carbocycles. The van der Waals surface area contributed by atoms with Gasteiger partial charge in [-0.2, -0.15) is 0 Å². The van der Waals surface area contributed by atoms with E-state index in [1.54, 1.807) is 7.11 Å². The predicted molar refractivity (Wildman–Crippen MR) is 105 cm³/mol. The maximum atomic E-state index is 12.5. The summed E-state index contributed by atoms with van der Waals surface area (Å²) in [5.74, 6) is 1.26. The molecule has 26 heavy (non-hydrogen) atoms. The van der Waals surface area contributed by atoms with Crippen molar-refractivity contribution in [3.05, 3.63) is 65.0 Å². The van der Waals surface area contributed by atoms with Gasteiger partial charge in [0.2, 0.25) is 5.91 Å². The second-order valence-corrected chi connectivity index (χ2v) is 7.70. The van der Waals surface area contributed by atoms with Crippen LogP contribution in [0, 0.1) is 12.8 Å². The van der Waals surface area contributed by atoms with E-state index in [0.29, 0.717) is 11.0 Å². The third-order valence-corrected chi connectivity index (χ3v) is 5.63. The van der Waals surface area contributed by atoms with E-state index in [4.69, 9.17) is 4.74 Å². The number of ether oxygens (including phenoxy) is 1. The Labute approximate surface area is 156 Å². The summed E-state index contributed by atoms with van der Waals surface area (Å²) in [5.41, 5.74) is 3.17. The highest BCUT2D eigenvalue weighted by Gasteiger charge is 2.44. The lowest BCUT2D eigenvalue weighted by Gasteiger charge is -2.02. The molecule has 0 unspecified atom stereocenters. The average Bonchev–Trinajstić information content (AvgIpc) is 3.40. The number of aryl methyl sites for hydroxylation is 1. The third kappa shape index (κ3) is 3.35. The van der Waals surface area contributed by atoms with Gasteiger partial charge in [-0.25, -0.2) is 4.98 Å². The standard InChI is InChI=1S/C21H20N2O2S/c1-13-19(15-8-10-16(25-2)11-9-15)22-21(26-13)23-20(24)18-12-17(18)14-6-4-3-5-7-14/h3-11,17-18H,12H2,1-2H3,(H,22,23,24)/t17-,18+/m1/s1. The topological polar surface area (TPSA) is 51.2 Å². The van der Waals surface area contributed by atoms with E-state index in [0.717, 1.165) is 28.3 Å². The van der Waals surface area contributed by atoms with Gasteiger partial charge in [0.05, 0.1) is 12.8 Å². The number of amides is 1. The van der Waals surface area contributed by atoms with Gasteiger partial charge in [-0.05, 0) is 49.1 Å². The fourth-order valence-electron chi connectivity index (χ4n) is 3.22. The summed E-state index contributed by atoms with van der Waals surface area (Å²) in [6, 6.07) is 18.0. The van der Waals surface area contributed by atoms with Crippen molar-refractivity contribution in [2.75, 3.05) is 12.4 Å². The van der Waals surface area contributed by atoms with E-state index in [2.05, 4.69) is 22.4 Å². The number of nitrogens with one attached hydrogen (secondary N) is 1. The minimum absolute atomic E-state index is 0.0473. The number of methoxy groups -OCH3 is 1. The summed E-state index contributed by atoms with van der Waals surface area (Å²) in [6.45, 7) is 2.02. The van der Waals surface area contributed by atoms with E-state index in [1.165, 1.54) is 16.9 Å². The first-order valence-electron chi connectivity index (χ1n) is 8.63. The van der Waals surface area contributed by atoms with Gasteiger partial charge in [-0.1, -0.05) is 30.3 Å². The Hall–Kier alpha value is -2.66. The molecule has 1 saturated carbocycles. The molecular formula is C21H20N2O2S. The second kappa shape index (κ2) is 6.92. The number of carbonyl (C=O) groups is 1. The first kappa shape index (κ1) is 16.8. The highest BCUT2D eigenvalue weighted by atomic mass is 32.1. The molecule has 3 aromatic rings.